The molecular weight excluding hydrogens is 428 g/mol. The van der Waals surface area contributed by atoms with E-state index in [1.165, 1.54) is 6.26 Å². The number of fused-ring (bicyclic) bond motifs is 1. The first-order chi connectivity index (χ1) is 15.2. The number of anilines is 2. The van der Waals surface area contributed by atoms with Gasteiger partial charge in [0, 0.05) is 23.3 Å². The molecule has 1 unspecified atom stereocenters. The minimum absolute atomic E-state index is 0. The van der Waals surface area contributed by atoms with E-state index in [9.17, 15) is 9.59 Å². The van der Waals surface area contributed by atoms with Gasteiger partial charge in [-0.3, -0.25) is 14.5 Å². The summed E-state index contributed by atoms with van der Waals surface area (Å²) in [5.41, 5.74) is 3.68. The molecular formula is C25H23ClN2O4. The molecule has 0 saturated heterocycles. The average Bonchev–Trinajstić information content (AvgIpc) is 3.29. The van der Waals surface area contributed by atoms with Crippen LogP contribution < -0.4 is 15.0 Å². The number of halogens is 1. The summed E-state index contributed by atoms with van der Waals surface area (Å²) in [5.74, 6) is 0.549. The first-order valence-electron chi connectivity index (χ1n) is 10.3. The van der Waals surface area contributed by atoms with E-state index in [-0.39, 0.29) is 29.9 Å². The molecule has 1 aromatic heterocycles. The Labute approximate surface area is 192 Å². The number of nitrogens with zero attached hydrogens (tertiary/aromatic N) is 1. The summed E-state index contributed by atoms with van der Waals surface area (Å²) in [5, 5.41) is 3.45. The molecule has 0 saturated carbocycles. The fraction of sp³-hybridized carbons (Fsp3) is 0.200. The summed E-state index contributed by atoms with van der Waals surface area (Å²) >= 11 is 0. The largest absolute Gasteiger partial charge is 0.496 e. The molecule has 1 N–H and O–H groups in total. The van der Waals surface area contributed by atoms with Crippen molar-refractivity contribution in [1.29, 1.82) is 0 Å². The highest BCUT2D eigenvalue weighted by Crippen LogP contribution is 2.47. The van der Waals surface area contributed by atoms with Gasteiger partial charge in [0.15, 0.2) is 11.5 Å². The molecule has 1 aliphatic carbocycles. The second-order valence-electron chi connectivity index (χ2n) is 7.61. The van der Waals surface area contributed by atoms with E-state index in [2.05, 4.69) is 5.32 Å². The first kappa shape index (κ1) is 21.7. The van der Waals surface area contributed by atoms with Crippen molar-refractivity contribution >= 4 is 35.5 Å². The topological polar surface area (TPSA) is 71.8 Å². The van der Waals surface area contributed by atoms with Crippen molar-refractivity contribution in [2.75, 3.05) is 17.3 Å². The second kappa shape index (κ2) is 8.93. The Kier molecular flexibility index (Phi) is 6.06. The van der Waals surface area contributed by atoms with E-state index in [0.29, 0.717) is 23.4 Å². The van der Waals surface area contributed by atoms with Crippen molar-refractivity contribution in [2.24, 2.45) is 0 Å². The van der Waals surface area contributed by atoms with Gasteiger partial charge in [0.1, 0.15) is 5.75 Å². The number of nitrogens with one attached hydrogen (secondary N) is 1. The fourth-order valence-electron chi connectivity index (χ4n) is 4.46. The Balaban J connectivity index is 0.00000245. The number of benzene rings is 2. The molecule has 0 spiro atoms. The molecule has 0 bridgehead atoms. The third kappa shape index (κ3) is 3.56. The molecule has 164 valence electrons. The molecule has 7 heteroatoms. The van der Waals surface area contributed by atoms with E-state index in [4.69, 9.17) is 9.15 Å². The van der Waals surface area contributed by atoms with Crippen molar-refractivity contribution in [3.63, 3.8) is 0 Å². The highest BCUT2D eigenvalue weighted by atomic mass is 35.5. The van der Waals surface area contributed by atoms with Crippen LogP contribution in [0, 0.1) is 0 Å². The van der Waals surface area contributed by atoms with Crippen molar-refractivity contribution in [1.82, 2.24) is 0 Å². The molecule has 2 heterocycles. The number of furan rings is 1. The van der Waals surface area contributed by atoms with Gasteiger partial charge in [-0.2, -0.15) is 0 Å². The predicted octanol–water partition coefficient (Wildman–Crippen LogP) is 5.53. The minimum Gasteiger partial charge on any atom is -0.496 e. The zero-order valence-electron chi connectivity index (χ0n) is 17.5. The lowest BCUT2D eigenvalue weighted by atomic mass is 9.85. The average molecular weight is 451 g/mol. The number of methoxy groups -OCH3 is 1. The number of amides is 1. The summed E-state index contributed by atoms with van der Waals surface area (Å²) in [4.78, 5) is 28.7. The van der Waals surface area contributed by atoms with Crippen molar-refractivity contribution in [3.05, 3.63) is 89.5 Å². The summed E-state index contributed by atoms with van der Waals surface area (Å²) in [7, 11) is 1.60. The molecule has 3 aromatic rings. The van der Waals surface area contributed by atoms with Crippen LogP contribution in [0.2, 0.25) is 0 Å². The number of para-hydroxylation sites is 3. The summed E-state index contributed by atoms with van der Waals surface area (Å²) in [6.07, 6.45) is 3.44. The molecule has 32 heavy (non-hydrogen) atoms. The Morgan fingerprint density at radius 1 is 1.06 bits per heavy atom. The Bertz CT molecular complexity index is 1190. The number of ether oxygens (including phenoxy) is 1. The highest BCUT2D eigenvalue weighted by molar-refractivity contribution is 6.10. The maximum atomic E-state index is 13.8. The van der Waals surface area contributed by atoms with E-state index < -0.39 is 6.04 Å². The monoisotopic (exact) mass is 450 g/mol. The van der Waals surface area contributed by atoms with Gasteiger partial charge in [-0.25, -0.2) is 0 Å². The van der Waals surface area contributed by atoms with Crippen molar-refractivity contribution < 1.29 is 18.7 Å². The highest BCUT2D eigenvalue weighted by Gasteiger charge is 2.41. The van der Waals surface area contributed by atoms with Gasteiger partial charge in [0.25, 0.3) is 5.91 Å². The number of carbonyl (C=O) groups excluding carboxylic acids is 2. The number of ketones is 1. The number of Topliss-reactive ketones (excluding diaryl/α,β-unsaturated/α-hetero) is 1. The lowest BCUT2D eigenvalue weighted by molar-refractivity contribution is -0.116. The van der Waals surface area contributed by atoms with Crippen LogP contribution in [-0.2, 0) is 4.79 Å². The SMILES string of the molecule is COc1ccccc1C1C2=C(CCCC2=O)Nc2ccccc2N1C(=O)c1ccco1.Cl. The number of rotatable bonds is 3. The second-order valence-corrected chi connectivity index (χ2v) is 7.61. The van der Waals surface area contributed by atoms with Crippen LogP contribution in [0.5, 0.6) is 5.75 Å². The van der Waals surface area contributed by atoms with Crippen LogP contribution in [0.25, 0.3) is 0 Å². The van der Waals surface area contributed by atoms with Crippen LogP contribution in [0.3, 0.4) is 0 Å². The third-order valence-corrected chi connectivity index (χ3v) is 5.82. The number of carbonyl (C=O) groups is 2. The lowest BCUT2D eigenvalue weighted by Crippen LogP contribution is -2.38. The summed E-state index contributed by atoms with van der Waals surface area (Å²) in [6.45, 7) is 0. The van der Waals surface area contributed by atoms with E-state index in [1.54, 1.807) is 24.1 Å². The van der Waals surface area contributed by atoms with E-state index in [1.807, 2.05) is 48.5 Å². The van der Waals surface area contributed by atoms with Crippen molar-refractivity contribution in [2.45, 2.75) is 25.3 Å². The first-order valence-corrected chi connectivity index (χ1v) is 10.3. The Hall–Kier alpha value is -3.51. The molecule has 6 nitrogen and oxygen atoms in total. The zero-order chi connectivity index (χ0) is 21.4. The number of hydrogen-bond acceptors (Lipinski definition) is 5. The molecule has 1 aliphatic heterocycles. The molecule has 2 aliphatic rings. The molecule has 0 radical (unpaired) electrons. The standard InChI is InChI=1S/C25H22N2O4.ClH/c1-30-21-13-5-2-8-16(21)24-23-18(10-6-12-20(23)28)26-17-9-3-4-11-19(17)27(24)25(29)22-14-7-15-31-22;/h2-5,7-9,11,13-15,24,26H,6,10,12H2,1H3;1H. The van der Waals surface area contributed by atoms with Crippen LogP contribution in [0.4, 0.5) is 11.4 Å². The summed E-state index contributed by atoms with van der Waals surface area (Å²) in [6, 6.07) is 17.8. The van der Waals surface area contributed by atoms with Gasteiger partial charge >= 0.3 is 0 Å². The molecule has 2 aromatic carbocycles. The Morgan fingerprint density at radius 3 is 2.62 bits per heavy atom. The Morgan fingerprint density at radius 2 is 1.84 bits per heavy atom. The molecule has 5 rings (SSSR count). The van der Waals surface area contributed by atoms with Crippen LogP contribution in [0.15, 0.2) is 82.6 Å². The molecule has 1 amide bonds. The quantitative estimate of drug-likeness (QED) is 0.568. The maximum Gasteiger partial charge on any atom is 0.294 e. The maximum absolute atomic E-state index is 13.8. The van der Waals surface area contributed by atoms with E-state index in [0.717, 1.165) is 29.8 Å². The fourth-order valence-corrected chi connectivity index (χ4v) is 4.46. The van der Waals surface area contributed by atoms with Crippen LogP contribution in [0.1, 0.15) is 41.4 Å². The van der Waals surface area contributed by atoms with Gasteiger partial charge in [0.05, 0.1) is 30.8 Å². The number of allylic oxidation sites excluding steroid dienone is 1. The molecule has 1 atom stereocenters. The number of hydrogen-bond donors (Lipinski definition) is 1. The van der Waals surface area contributed by atoms with Gasteiger partial charge < -0.3 is 14.5 Å². The third-order valence-electron chi connectivity index (χ3n) is 5.82. The van der Waals surface area contributed by atoms with Crippen LogP contribution >= 0.6 is 12.4 Å². The van der Waals surface area contributed by atoms with Gasteiger partial charge in [-0.1, -0.05) is 30.3 Å². The molecule has 0 fully saturated rings. The minimum atomic E-state index is -0.646. The van der Waals surface area contributed by atoms with Gasteiger partial charge in [0.2, 0.25) is 0 Å². The lowest BCUT2D eigenvalue weighted by Gasteiger charge is -2.34. The predicted molar refractivity (Wildman–Crippen MR) is 124 cm³/mol. The smallest absolute Gasteiger partial charge is 0.294 e. The van der Waals surface area contributed by atoms with Crippen molar-refractivity contribution in [3.8, 4) is 5.75 Å². The van der Waals surface area contributed by atoms with Gasteiger partial charge in [-0.05, 0) is 43.2 Å². The normalized spacial score (nSPS) is 17.5. The van der Waals surface area contributed by atoms with Crippen LogP contribution in [-0.4, -0.2) is 18.8 Å². The van der Waals surface area contributed by atoms with Gasteiger partial charge in [-0.15, -0.1) is 12.4 Å². The summed E-state index contributed by atoms with van der Waals surface area (Å²) < 4.78 is 11.1. The zero-order valence-corrected chi connectivity index (χ0v) is 18.4. The van der Waals surface area contributed by atoms with E-state index >= 15 is 0 Å².